The molecule has 0 radical (unpaired) electrons. The van der Waals surface area contributed by atoms with E-state index in [0.29, 0.717) is 42.5 Å². The standard InChI is InChI=1S/C46H52N8O7/c1-27(2)39(51-45(57)60-5)43(55)53-22-10-13-37(53)41-47-24-35(49-41)31-18-14-29(15-19-31)30-16-20-32(21-17-30)36-25-48-42(50-36)38-23-34(28(3)59-4)26-54(38)44(56)40(52-46(58)61-6)33-11-8-7-9-12-33/h7-9,11-12,14-21,24-25,27,34,37-40H,3,10,13,22-23,26H2,1-2,4-6H3,(H,47,49)(H,48,50)(H,51,57)(H,52,58)/t34-,37-,38-,39-,40+/m0/s1. The number of likely N-dealkylation sites (tertiary alicyclic amines) is 2. The number of ether oxygens (including phenoxy) is 3. The van der Waals surface area contributed by atoms with Crippen molar-refractivity contribution in [2.45, 2.75) is 57.3 Å². The van der Waals surface area contributed by atoms with E-state index >= 15 is 0 Å². The van der Waals surface area contributed by atoms with Crippen molar-refractivity contribution >= 4 is 24.0 Å². The van der Waals surface area contributed by atoms with Crippen LogP contribution < -0.4 is 10.6 Å². The number of hydrogen-bond acceptors (Lipinski definition) is 9. The molecule has 4 heterocycles. The molecule has 318 valence electrons. The molecule has 7 rings (SSSR count). The molecule has 2 aliphatic heterocycles. The van der Waals surface area contributed by atoms with Gasteiger partial charge in [-0.15, -0.1) is 0 Å². The van der Waals surface area contributed by atoms with Gasteiger partial charge in [-0.25, -0.2) is 19.6 Å². The number of methoxy groups -OCH3 is 3. The van der Waals surface area contributed by atoms with Crippen molar-refractivity contribution in [1.82, 2.24) is 40.4 Å². The number of imidazole rings is 2. The second kappa shape index (κ2) is 18.6. The van der Waals surface area contributed by atoms with Crippen molar-refractivity contribution in [1.29, 1.82) is 0 Å². The summed E-state index contributed by atoms with van der Waals surface area (Å²) in [6.45, 7) is 8.79. The predicted molar refractivity (Wildman–Crippen MR) is 228 cm³/mol. The zero-order valence-corrected chi connectivity index (χ0v) is 35.0. The molecule has 4 N–H and O–H groups in total. The first-order valence-electron chi connectivity index (χ1n) is 20.4. The van der Waals surface area contributed by atoms with Crippen molar-refractivity contribution in [3.05, 3.63) is 121 Å². The maximum atomic E-state index is 14.3. The molecule has 0 unspecified atom stereocenters. The van der Waals surface area contributed by atoms with Crippen LogP contribution in [0.5, 0.6) is 0 Å². The fraction of sp³-hybridized carbons (Fsp3) is 0.348. The molecule has 2 fully saturated rings. The number of amides is 4. The summed E-state index contributed by atoms with van der Waals surface area (Å²) in [5, 5.41) is 5.41. The van der Waals surface area contributed by atoms with Crippen LogP contribution in [0.4, 0.5) is 9.59 Å². The second-order valence-electron chi connectivity index (χ2n) is 15.7. The highest BCUT2D eigenvalue weighted by molar-refractivity contribution is 5.88. The van der Waals surface area contributed by atoms with Crippen LogP contribution in [0.3, 0.4) is 0 Å². The van der Waals surface area contributed by atoms with E-state index in [2.05, 4.69) is 56.4 Å². The van der Waals surface area contributed by atoms with E-state index < -0.39 is 30.3 Å². The van der Waals surface area contributed by atoms with Crippen LogP contribution in [0.1, 0.15) is 68.4 Å². The quantitative estimate of drug-likeness (QED) is 0.0884. The van der Waals surface area contributed by atoms with Gasteiger partial charge in [0.25, 0.3) is 5.91 Å². The first-order chi connectivity index (χ1) is 29.5. The number of carbonyl (C=O) groups is 4. The maximum Gasteiger partial charge on any atom is 0.407 e. The number of H-pyrrole nitrogens is 2. The third-order valence-corrected chi connectivity index (χ3v) is 11.6. The molecule has 2 aromatic heterocycles. The number of aromatic amines is 2. The van der Waals surface area contributed by atoms with Crippen molar-refractivity contribution in [3.8, 4) is 33.6 Å². The van der Waals surface area contributed by atoms with E-state index in [1.165, 1.54) is 14.2 Å². The van der Waals surface area contributed by atoms with Gasteiger partial charge in [-0.3, -0.25) is 9.59 Å². The lowest BCUT2D eigenvalue weighted by Crippen LogP contribution is -2.51. The van der Waals surface area contributed by atoms with Crippen LogP contribution >= 0.6 is 0 Å². The number of nitrogens with one attached hydrogen (secondary N) is 4. The molecule has 2 aliphatic rings. The van der Waals surface area contributed by atoms with Crippen LogP contribution in [0.2, 0.25) is 0 Å². The molecule has 15 nitrogen and oxygen atoms in total. The molecule has 15 heteroatoms. The van der Waals surface area contributed by atoms with E-state index in [4.69, 9.17) is 19.2 Å². The molecule has 5 aromatic rings. The average Bonchev–Trinajstić information content (AvgIpc) is 4.14. The number of hydrogen-bond donors (Lipinski definition) is 4. The molecule has 0 aliphatic carbocycles. The van der Waals surface area contributed by atoms with E-state index in [0.717, 1.165) is 46.5 Å². The van der Waals surface area contributed by atoms with E-state index in [1.807, 2.05) is 56.3 Å². The third kappa shape index (κ3) is 9.15. The summed E-state index contributed by atoms with van der Waals surface area (Å²) < 4.78 is 15.1. The van der Waals surface area contributed by atoms with Crippen molar-refractivity contribution in [3.63, 3.8) is 0 Å². The predicted octanol–water partition coefficient (Wildman–Crippen LogP) is 7.32. The SMILES string of the molecule is C=C(OC)[C@H]1C[C@@H](c2ncc(-c3ccc(-c4ccc(-c5cnc([C@@H]6CCCN6C(=O)[C@@H](NC(=O)OC)C(C)C)[nH]5)cc4)cc3)[nH]2)N(C(=O)[C@H](NC(=O)OC)c2ccccc2)C1. The Balaban J connectivity index is 1.04. The molecule has 0 bridgehead atoms. The molecule has 0 saturated carbocycles. The molecule has 2 saturated heterocycles. The highest BCUT2D eigenvalue weighted by atomic mass is 16.5. The number of carbonyl (C=O) groups excluding carboxylic acids is 4. The normalized spacial score (nSPS) is 18.4. The maximum absolute atomic E-state index is 14.3. The Hall–Kier alpha value is -6.90. The first kappa shape index (κ1) is 42.2. The van der Waals surface area contributed by atoms with E-state index in [-0.39, 0.29) is 29.7 Å². The van der Waals surface area contributed by atoms with Crippen molar-refractivity contribution in [2.24, 2.45) is 11.8 Å². The molecule has 61 heavy (non-hydrogen) atoms. The van der Waals surface area contributed by atoms with Gasteiger partial charge in [-0.2, -0.15) is 0 Å². The summed E-state index contributed by atoms with van der Waals surface area (Å²) in [5.41, 5.74) is 6.21. The highest BCUT2D eigenvalue weighted by Gasteiger charge is 2.43. The summed E-state index contributed by atoms with van der Waals surface area (Å²) in [6.07, 6.45) is 4.36. The highest BCUT2D eigenvalue weighted by Crippen LogP contribution is 2.40. The van der Waals surface area contributed by atoms with Gasteiger partial charge in [-0.1, -0.05) is 99.3 Å². The minimum absolute atomic E-state index is 0.116. The summed E-state index contributed by atoms with van der Waals surface area (Å²) in [5.74, 6) is 1.19. The number of nitrogens with zero attached hydrogens (tertiary/aromatic N) is 4. The van der Waals surface area contributed by atoms with Gasteiger partial charge in [0.1, 0.15) is 23.7 Å². The Bertz CT molecular complexity index is 2340. The second-order valence-corrected chi connectivity index (χ2v) is 15.7. The Morgan fingerprint density at radius 2 is 1.25 bits per heavy atom. The number of benzene rings is 3. The van der Waals surface area contributed by atoms with Crippen LogP contribution in [0, 0.1) is 11.8 Å². The minimum Gasteiger partial charge on any atom is -0.501 e. The Morgan fingerprint density at radius 3 is 1.79 bits per heavy atom. The molecule has 0 spiro atoms. The third-order valence-electron chi connectivity index (χ3n) is 11.6. The van der Waals surface area contributed by atoms with Gasteiger partial charge < -0.3 is 44.6 Å². The fourth-order valence-corrected chi connectivity index (χ4v) is 8.20. The molecular weight excluding hydrogens is 777 g/mol. The smallest absolute Gasteiger partial charge is 0.407 e. The summed E-state index contributed by atoms with van der Waals surface area (Å²) in [4.78, 5) is 72.0. The summed E-state index contributed by atoms with van der Waals surface area (Å²) in [6, 6.07) is 23.1. The van der Waals surface area contributed by atoms with Gasteiger partial charge in [-0.05, 0) is 53.0 Å². The minimum atomic E-state index is -0.972. The van der Waals surface area contributed by atoms with Gasteiger partial charge in [0.05, 0.1) is 63.0 Å². The molecular formula is C46H52N8O7. The fourth-order valence-electron chi connectivity index (χ4n) is 8.20. The van der Waals surface area contributed by atoms with Gasteiger partial charge in [0, 0.05) is 19.0 Å². The Kier molecular flexibility index (Phi) is 12.9. The molecule has 5 atom stereocenters. The van der Waals surface area contributed by atoms with Crippen LogP contribution in [0.25, 0.3) is 33.6 Å². The van der Waals surface area contributed by atoms with Gasteiger partial charge >= 0.3 is 12.2 Å². The van der Waals surface area contributed by atoms with Crippen molar-refractivity contribution < 1.29 is 33.4 Å². The lowest BCUT2D eigenvalue weighted by Gasteiger charge is -2.30. The topological polar surface area (TPSA) is 184 Å². The Morgan fingerprint density at radius 1 is 0.705 bits per heavy atom. The summed E-state index contributed by atoms with van der Waals surface area (Å²) >= 11 is 0. The number of aromatic nitrogens is 4. The molecule has 4 amide bonds. The zero-order chi connectivity index (χ0) is 43.2. The van der Waals surface area contributed by atoms with Gasteiger partial charge in [0.15, 0.2) is 0 Å². The average molecular weight is 829 g/mol. The van der Waals surface area contributed by atoms with Crippen LogP contribution in [-0.4, -0.2) is 94.2 Å². The largest absolute Gasteiger partial charge is 0.501 e. The zero-order valence-electron chi connectivity index (χ0n) is 35.0. The van der Waals surface area contributed by atoms with Crippen molar-refractivity contribution in [2.75, 3.05) is 34.4 Å². The monoisotopic (exact) mass is 828 g/mol. The van der Waals surface area contributed by atoms with Gasteiger partial charge in [0.2, 0.25) is 5.91 Å². The Labute approximate surface area is 354 Å². The lowest BCUT2D eigenvalue weighted by atomic mass is 10.0. The van der Waals surface area contributed by atoms with E-state index in [1.54, 1.807) is 41.4 Å². The van der Waals surface area contributed by atoms with Crippen LogP contribution in [0.15, 0.2) is 104 Å². The van der Waals surface area contributed by atoms with Crippen LogP contribution in [-0.2, 0) is 23.8 Å². The number of alkyl carbamates (subject to hydrolysis) is 2. The number of rotatable bonds is 13. The first-order valence-corrected chi connectivity index (χ1v) is 20.4. The summed E-state index contributed by atoms with van der Waals surface area (Å²) in [7, 11) is 4.12. The molecule has 3 aromatic carbocycles. The lowest BCUT2D eigenvalue weighted by molar-refractivity contribution is -0.136. The van der Waals surface area contributed by atoms with E-state index in [9.17, 15) is 19.2 Å².